The van der Waals surface area contributed by atoms with Crippen molar-refractivity contribution >= 4 is 11.5 Å². The Labute approximate surface area is 105 Å². The van der Waals surface area contributed by atoms with Gasteiger partial charge in [0.2, 0.25) is 0 Å². The molecule has 0 radical (unpaired) electrons. The minimum Gasteiger partial charge on any atom is -0.483 e. The average Bonchev–Trinajstić information content (AvgIpc) is 2.34. The van der Waals surface area contributed by atoms with E-state index in [-0.39, 0.29) is 29.7 Å². The first kappa shape index (κ1) is 13.9. The molecule has 0 bridgehead atoms. The van der Waals surface area contributed by atoms with Gasteiger partial charge in [-0.05, 0) is 12.1 Å². The van der Waals surface area contributed by atoms with E-state index in [1.807, 2.05) is 0 Å². The molecule has 0 saturated carbocycles. The third-order valence-electron chi connectivity index (χ3n) is 2.32. The van der Waals surface area contributed by atoms with Crippen LogP contribution in [0.2, 0.25) is 0 Å². The van der Waals surface area contributed by atoms with E-state index in [0.29, 0.717) is 5.56 Å². The van der Waals surface area contributed by atoms with Crippen LogP contribution in [-0.4, -0.2) is 17.3 Å². The number of Topliss-reactive ketones (excluding diaryl/α,β-unsaturated/α-hetero) is 1. The third kappa shape index (κ3) is 3.16. The molecule has 0 amide bonds. The van der Waals surface area contributed by atoms with Crippen LogP contribution in [-0.2, 0) is 0 Å². The van der Waals surface area contributed by atoms with Crippen molar-refractivity contribution in [3.8, 4) is 5.75 Å². The van der Waals surface area contributed by atoms with E-state index in [9.17, 15) is 14.9 Å². The van der Waals surface area contributed by atoms with Gasteiger partial charge in [-0.25, -0.2) is 0 Å². The molecule has 0 atom stereocenters. The maximum Gasteiger partial charge on any atom is 0.311 e. The Morgan fingerprint density at radius 2 is 2.22 bits per heavy atom. The van der Waals surface area contributed by atoms with E-state index in [4.69, 9.17) is 4.74 Å². The molecule has 0 N–H and O–H groups in total. The lowest BCUT2D eigenvalue weighted by Crippen LogP contribution is -2.08. The highest BCUT2D eigenvalue weighted by Gasteiger charge is 2.19. The third-order valence-corrected chi connectivity index (χ3v) is 2.32. The molecule has 0 unspecified atom stereocenters. The van der Waals surface area contributed by atoms with Crippen LogP contribution in [0.4, 0.5) is 5.69 Å². The highest BCUT2D eigenvalue weighted by Crippen LogP contribution is 2.28. The molecule has 0 spiro atoms. The largest absolute Gasteiger partial charge is 0.483 e. The fourth-order valence-corrected chi connectivity index (χ4v) is 1.42. The van der Waals surface area contributed by atoms with Crippen LogP contribution in [0, 0.1) is 16.0 Å². The van der Waals surface area contributed by atoms with Crippen LogP contribution in [0.15, 0.2) is 30.9 Å². The molecular formula is C13H15NO4. The maximum atomic E-state index is 11.8. The monoisotopic (exact) mass is 249 g/mol. The number of nitro groups is 1. The van der Waals surface area contributed by atoms with Crippen LogP contribution in [0.3, 0.4) is 0 Å². The van der Waals surface area contributed by atoms with Crippen LogP contribution in [0.1, 0.15) is 24.2 Å². The summed E-state index contributed by atoms with van der Waals surface area (Å²) in [5.41, 5.74) is 0.117. The Hall–Kier alpha value is -2.17. The highest BCUT2D eigenvalue weighted by molar-refractivity contribution is 5.98. The zero-order chi connectivity index (χ0) is 13.7. The Kier molecular flexibility index (Phi) is 4.59. The van der Waals surface area contributed by atoms with Gasteiger partial charge in [-0.15, -0.1) is 0 Å². The number of nitro benzene ring substituents is 1. The van der Waals surface area contributed by atoms with Crippen molar-refractivity contribution in [1.29, 1.82) is 0 Å². The van der Waals surface area contributed by atoms with Crippen LogP contribution in [0.25, 0.3) is 0 Å². The number of carbonyl (C=O) groups is 1. The number of benzene rings is 1. The van der Waals surface area contributed by atoms with Crippen molar-refractivity contribution in [1.82, 2.24) is 0 Å². The lowest BCUT2D eigenvalue weighted by Gasteiger charge is -2.07. The van der Waals surface area contributed by atoms with Crippen molar-refractivity contribution in [3.63, 3.8) is 0 Å². The Morgan fingerprint density at radius 1 is 1.56 bits per heavy atom. The predicted octanol–water partition coefficient (Wildman–Crippen LogP) is 3.00. The summed E-state index contributed by atoms with van der Waals surface area (Å²) in [7, 11) is 0. The zero-order valence-electron chi connectivity index (χ0n) is 10.4. The van der Waals surface area contributed by atoms with E-state index < -0.39 is 4.92 Å². The van der Waals surface area contributed by atoms with Crippen molar-refractivity contribution in [2.75, 3.05) is 6.61 Å². The number of ether oxygens (including phenoxy) is 1. The number of hydrogen-bond acceptors (Lipinski definition) is 4. The van der Waals surface area contributed by atoms with E-state index >= 15 is 0 Å². The summed E-state index contributed by atoms with van der Waals surface area (Å²) in [5, 5.41) is 10.9. The first-order chi connectivity index (χ1) is 8.47. The smallest absolute Gasteiger partial charge is 0.311 e. The van der Waals surface area contributed by atoms with Gasteiger partial charge in [-0.2, -0.15) is 0 Å². The number of rotatable bonds is 6. The number of ketones is 1. The second-order valence-electron chi connectivity index (χ2n) is 4.06. The standard InChI is InChI=1S/C13H15NO4/c1-4-7-18-12-6-5-10(13(15)9(2)3)8-11(12)14(16)17/h4-6,8-9H,1,7H2,2-3H3. The van der Waals surface area contributed by atoms with Crippen molar-refractivity contribution in [3.05, 3.63) is 46.5 Å². The topological polar surface area (TPSA) is 69.4 Å². The zero-order valence-corrected chi connectivity index (χ0v) is 10.4. The summed E-state index contributed by atoms with van der Waals surface area (Å²) in [6.07, 6.45) is 1.50. The highest BCUT2D eigenvalue weighted by atomic mass is 16.6. The molecule has 0 aromatic heterocycles. The fourth-order valence-electron chi connectivity index (χ4n) is 1.42. The fraction of sp³-hybridized carbons (Fsp3) is 0.308. The first-order valence-corrected chi connectivity index (χ1v) is 5.53. The molecule has 1 aromatic carbocycles. The van der Waals surface area contributed by atoms with Gasteiger partial charge in [0.1, 0.15) is 6.61 Å². The maximum absolute atomic E-state index is 11.8. The van der Waals surface area contributed by atoms with Gasteiger partial charge in [0, 0.05) is 17.5 Å². The van der Waals surface area contributed by atoms with Crippen LogP contribution >= 0.6 is 0 Å². The molecular weight excluding hydrogens is 234 g/mol. The molecule has 0 aliphatic heterocycles. The van der Waals surface area contributed by atoms with Gasteiger partial charge in [0.05, 0.1) is 4.92 Å². The summed E-state index contributed by atoms with van der Waals surface area (Å²) in [6, 6.07) is 4.23. The summed E-state index contributed by atoms with van der Waals surface area (Å²) in [4.78, 5) is 22.1. The van der Waals surface area contributed by atoms with Gasteiger partial charge < -0.3 is 4.74 Å². The Morgan fingerprint density at radius 3 is 2.72 bits per heavy atom. The summed E-state index contributed by atoms with van der Waals surface area (Å²) in [6.45, 7) is 7.14. The van der Waals surface area contributed by atoms with Crippen LogP contribution < -0.4 is 4.74 Å². The quantitative estimate of drug-likeness (QED) is 0.336. The van der Waals surface area contributed by atoms with E-state index in [0.717, 1.165) is 0 Å². The minimum atomic E-state index is -0.560. The lowest BCUT2D eigenvalue weighted by molar-refractivity contribution is -0.385. The molecule has 0 fully saturated rings. The molecule has 1 rings (SSSR count). The van der Waals surface area contributed by atoms with E-state index in [1.165, 1.54) is 24.3 Å². The SMILES string of the molecule is C=CCOc1ccc(C(=O)C(C)C)cc1[N+](=O)[O-]. The molecule has 1 aromatic rings. The second kappa shape index (κ2) is 5.95. The lowest BCUT2D eigenvalue weighted by atomic mass is 10.0. The molecule has 18 heavy (non-hydrogen) atoms. The van der Waals surface area contributed by atoms with Crippen LogP contribution in [0.5, 0.6) is 5.75 Å². The molecule has 0 aliphatic rings. The number of nitrogens with zero attached hydrogens (tertiary/aromatic N) is 1. The van der Waals surface area contributed by atoms with Gasteiger partial charge in [0.15, 0.2) is 11.5 Å². The Bertz CT molecular complexity index is 480. The minimum absolute atomic E-state index is 0.131. The predicted molar refractivity (Wildman–Crippen MR) is 68.0 cm³/mol. The number of hydrogen-bond donors (Lipinski definition) is 0. The summed E-state index contributed by atoms with van der Waals surface area (Å²) >= 11 is 0. The number of carbonyl (C=O) groups excluding carboxylic acids is 1. The first-order valence-electron chi connectivity index (χ1n) is 5.53. The molecule has 0 aliphatic carbocycles. The summed E-state index contributed by atoms with van der Waals surface area (Å²) < 4.78 is 5.17. The van der Waals surface area contributed by atoms with Gasteiger partial charge in [-0.1, -0.05) is 26.5 Å². The molecule has 5 nitrogen and oxygen atoms in total. The molecule has 0 saturated heterocycles. The average molecular weight is 249 g/mol. The van der Waals surface area contributed by atoms with Crippen molar-refractivity contribution in [2.45, 2.75) is 13.8 Å². The molecule has 0 heterocycles. The van der Waals surface area contributed by atoms with E-state index in [1.54, 1.807) is 13.8 Å². The molecule has 5 heteroatoms. The van der Waals surface area contributed by atoms with Gasteiger partial charge >= 0.3 is 5.69 Å². The van der Waals surface area contributed by atoms with Crippen molar-refractivity contribution < 1.29 is 14.5 Å². The van der Waals surface area contributed by atoms with Gasteiger partial charge in [0.25, 0.3) is 0 Å². The second-order valence-corrected chi connectivity index (χ2v) is 4.06. The van der Waals surface area contributed by atoms with Crippen molar-refractivity contribution in [2.24, 2.45) is 5.92 Å². The van der Waals surface area contributed by atoms with Gasteiger partial charge in [-0.3, -0.25) is 14.9 Å². The normalized spacial score (nSPS) is 10.2. The van der Waals surface area contributed by atoms with E-state index in [2.05, 4.69) is 6.58 Å². The molecule has 96 valence electrons. The summed E-state index contributed by atoms with van der Waals surface area (Å²) in [5.74, 6) is -0.196. The Balaban J connectivity index is 3.14.